The van der Waals surface area contributed by atoms with E-state index in [1.54, 1.807) is 45.7 Å². The second-order valence-corrected chi connectivity index (χ2v) is 9.80. The number of aromatic nitrogens is 4. The zero-order valence-corrected chi connectivity index (χ0v) is 20.3. The monoisotopic (exact) mass is 507 g/mol. The predicted molar refractivity (Wildman–Crippen MR) is 132 cm³/mol. The highest BCUT2D eigenvalue weighted by Gasteiger charge is 2.51. The molecule has 2 fully saturated rings. The Hall–Kier alpha value is -4.20. The van der Waals surface area contributed by atoms with Crippen LogP contribution in [0.15, 0.2) is 36.7 Å². The number of anilines is 1. The number of nitrogens with zero attached hydrogens (tertiary/aromatic N) is 5. The quantitative estimate of drug-likeness (QED) is 0.496. The Morgan fingerprint density at radius 2 is 2.08 bits per heavy atom. The maximum atomic E-state index is 13.0. The van der Waals surface area contributed by atoms with E-state index in [1.807, 2.05) is 0 Å². The molecule has 2 aliphatic rings. The molecule has 4 N–H and O–H groups in total. The number of primary amides is 1. The average molecular weight is 508 g/mol. The van der Waals surface area contributed by atoms with Crippen LogP contribution in [0.3, 0.4) is 0 Å². The first-order chi connectivity index (χ1) is 17.7. The van der Waals surface area contributed by atoms with Gasteiger partial charge in [-0.2, -0.15) is 10.2 Å². The van der Waals surface area contributed by atoms with Crippen molar-refractivity contribution in [3.05, 3.63) is 53.3 Å². The summed E-state index contributed by atoms with van der Waals surface area (Å²) in [5.41, 5.74) is 13.6. The molecule has 2 aromatic heterocycles. The molecule has 3 heterocycles. The summed E-state index contributed by atoms with van der Waals surface area (Å²) >= 11 is 0. The molecule has 1 spiro atoms. The van der Waals surface area contributed by atoms with E-state index in [9.17, 15) is 18.4 Å². The highest BCUT2D eigenvalue weighted by molar-refractivity contribution is 6.03. The molecule has 1 aliphatic heterocycles. The van der Waals surface area contributed by atoms with Gasteiger partial charge in [-0.1, -0.05) is 24.1 Å². The summed E-state index contributed by atoms with van der Waals surface area (Å²) in [5.74, 6) is 4.60. The van der Waals surface area contributed by atoms with Gasteiger partial charge in [-0.15, -0.1) is 0 Å². The summed E-state index contributed by atoms with van der Waals surface area (Å²) in [5, 5.41) is 8.97. The number of hydrogen-bond donors (Lipinski definition) is 2. The van der Waals surface area contributed by atoms with Crippen molar-refractivity contribution < 1.29 is 18.4 Å². The van der Waals surface area contributed by atoms with Crippen LogP contribution in [0.25, 0.3) is 11.3 Å². The van der Waals surface area contributed by atoms with Gasteiger partial charge in [0.05, 0.1) is 18.8 Å². The van der Waals surface area contributed by atoms with Crippen LogP contribution in [0.2, 0.25) is 0 Å². The minimum absolute atomic E-state index is 0.00116. The normalized spacial score (nSPS) is 20.6. The maximum Gasteiger partial charge on any atom is 0.298 e. The van der Waals surface area contributed by atoms with Gasteiger partial charge in [0.15, 0.2) is 0 Å². The van der Waals surface area contributed by atoms with Crippen molar-refractivity contribution >= 4 is 17.6 Å². The Balaban J connectivity index is 1.35. The van der Waals surface area contributed by atoms with E-state index in [2.05, 4.69) is 22.0 Å². The maximum absolute atomic E-state index is 13.0. The van der Waals surface area contributed by atoms with Gasteiger partial charge >= 0.3 is 0 Å². The number of alkyl halides is 2. The fourth-order valence-corrected chi connectivity index (χ4v) is 5.50. The summed E-state index contributed by atoms with van der Waals surface area (Å²) in [6.45, 7) is 3.23. The zero-order valence-electron chi connectivity index (χ0n) is 20.3. The Labute approximate surface area is 212 Å². The summed E-state index contributed by atoms with van der Waals surface area (Å²) in [6, 6.07) is 6.12. The van der Waals surface area contributed by atoms with E-state index >= 15 is 0 Å². The number of carbonyl (C=O) groups is 2. The van der Waals surface area contributed by atoms with E-state index in [4.69, 9.17) is 11.5 Å². The standard InChI is InChI=1S/C26H27F2N7O2/c1-2-4-20(36)33-8-7-26(15-33)10-19(11-26)35-24(29)21(25(30)37)22(32-35)18-12-31-34(14-18)13-16-5-3-6-17(9-16)23(27)28/h3,5-6,9,12,14,19,23H,7-8,10-11,13,15,29H2,1H3,(H2,30,37). The lowest BCUT2D eigenvalue weighted by molar-refractivity contribution is -0.125. The van der Waals surface area contributed by atoms with Crippen molar-refractivity contribution in [1.82, 2.24) is 24.5 Å². The number of nitrogens with two attached hydrogens (primary N) is 2. The highest BCUT2D eigenvalue weighted by Crippen LogP contribution is 2.54. The van der Waals surface area contributed by atoms with Crippen molar-refractivity contribution in [2.45, 2.75) is 45.2 Å². The SMILES string of the molecule is CC#CC(=O)N1CCC2(CC(n3nc(-c4cnn(Cc5cccc(C(F)F)c5)c4)c(C(N)=O)c3N)C2)C1. The smallest absolute Gasteiger partial charge is 0.298 e. The van der Waals surface area contributed by atoms with Gasteiger partial charge in [0.1, 0.15) is 17.1 Å². The van der Waals surface area contributed by atoms with Crippen LogP contribution in [0, 0.1) is 17.3 Å². The van der Waals surface area contributed by atoms with Crippen LogP contribution in [-0.2, 0) is 11.3 Å². The topological polar surface area (TPSA) is 125 Å². The molecular formula is C26H27F2N7O2. The Bertz CT molecular complexity index is 1430. The molecule has 1 aliphatic carbocycles. The molecule has 37 heavy (non-hydrogen) atoms. The largest absolute Gasteiger partial charge is 0.383 e. The van der Waals surface area contributed by atoms with Crippen LogP contribution in [0.1, 0.15) is 60.1 Å². The fraction of sp³-hybridized carbons (Fsp3) is 0.385. The minimum atomic E-state index is -2.55. The summed E-state index contributed by atoms with van der Waals surface area (Å²) in [7, 11) is 0. The molecular weight excluding hydrogens is 480 g/mol. The molecule has 5 rings (SSSR count). The van der Waals surface area contributed by atoms with Crippen LogP contribution in [0.5, 0.6) is 0 Å². The summed E-state index contributed by atoms with van der Waals surface area (Å²) in [6.07, 6.45) is 3.12. The van der Waals surface area contributed by atoms with Crippen LogP contribution in [-0.4, -0.2) is 49.4 Å². The molecule has 1 aromatic carbocycles. The first kappa shape index (κ1) is 24.5. The van der Waals surface area contributed by atoms with E-state index in [1.165, 1.54) is 12.1 Å². The van der Waals surface area contributed by atoms with Crippen molar-refractivity contribution in [2.75, 3.05) is 18.8 Å². The fourth-order valence-electron chi connectivity index (χ4n) is 5.50. The van der Waals surface area contributed by atoms with Crippen LogP contribution in [0.4, 0.5) is 14.6 Å². The van der Waals surface area contributed by atoms with Crippen molar-refractivity contribution in [2.24, 2.45) is 11.1 Å². The molecule has 3 aromatic rings. The Morgan fingerprint density at radius 3 is 2.78 bits per heavy atom. The lowest BCUT2D eigenvalue weighted by Crippen LogP contribution is -2.42. The van der Waals surface area contributed by atoms with Gasteiger partial charge < -0.3 is 16.4 Å². The van der Waals surface area contributed by atoms with Gasteiger partial charge in [-0.3, -0.25) is 14.3 Å². The molecule has 1 saturated carbocycles. The lowest BCUT2D eigenvalue weighted by atomic mass is 9.65. The van der Waals surface area contributed by atoms with E-state index < -0.39 is 12.3 Å². The van der Waals surface area contributed by atoms with Crippen molar-refractivity contribution in [3.8, 4) is 23.1 Å². The van der Waals surface area contributed by atoms with Gasteiger partial charge in [0.25, 0.3) is 18.2 Å². The first-order valence-corrected chi connectivity index (χ1v) is 12.0. The molecule has 0 bridgehead atoms. The van der Waals surface area contributed by atoms with Crippen LogP contribution >= 0.6 is 0 Å². The van der Waals surface area contributed by atoms with Crippen molar-refractivity contribution in [1.29, 1.82) is 0 Å². The molecule has 0 atom stereocenters. The van der Waals surface area contributed by atoms with E-state index in [-0.39, 0.29) is 40.9 Å². The van der Waals surface area contributed by atoms with Gasteiger partial charge in [0.2, 0.25) is 0 Å². The second kappa shape index (κ2) is 9.35. The number of hydrogen-bond acceptors (Lipinski definition) is 5. The zero-order chi connectivity index (χ0) is 26.3. The van der Waals surface area contributed by atoms with Crippen LogP contribution < -0.4 is 11.5 Å². The third kappa shape index (κ3) is 4.55. The summed E-state index contributed by atoms with van der Waals surface area (Å²) < 4.78 is 29.3. The predicted octanol–water partition coefficient (Wildman–Crippen LogP) is 2.99. The number of carbonyl (C=O) groups excluding carboxylic acids is 2. The van der Waals surface area contributed by atoms with Gasteiger partial charge in [-0.25, -0.2) is 13.5 Å². The van der Waals surface area contributed by atoms with Gasteiger partial charge in [-0.05, 0) is 49.2 Å². The van der Waals surface area contributed by atoms with E-state index in [0.29, 0.717) is 29.9 Å². The molecule has 2 amide bonds. The number of halogens is 2. The first-order valence-electron chi connectivity index (χ1n) is 12.0. The molecule has 192 valence electrons. The number of likely N-dealkylation sites (tertiary alicyclic amines) is 1. The Kier molecular flexibility index (Phi) is 6.19. The average Bonchev–Trinajstić information content (AvgIpc) is 3.55. The van der Waals surface area contributed by atoms with Gasteiger partial charge in [0, 0.05) is 30.4 Å². The third-order valence-electron chi connectivity index (χ3n) is 7.29. The van der Waals surface area contributed by atoms with E-state index in [0.717, 1.165) is 19.3 Å². The molecule has 9 nitrogen and oxygen atoms in total. The molecule has 0 radical (unpaired) electrons. The van der Waals surface area contributed by atoms with Crippen molar-refractivity contribution in [3.63, 3.8) is 0 Å². The number of benzene rings is 1. The number of nitrogen functional groups attached to an aromatic ring is 1. The minimum Gasteiger partial charge on any atom is -0.383 e. The molecule has 1 saturated heterocycles. The second-order valence-electron chi connectivity index (χ2n) is 9.80. The molecule has 0 unspecified atom stereocenters. The molecule has 11 heteroatoms. The lowest BCUT2D eigenvalue weighted by Gasteiger charge is -2.45. The number of amides is 2. The third-order valence-corrected chi connectivity index (χ3v) is 7.29. The summed E-state index contributed by atoms with van der Waals surface area (Å²) in [4.78, 5) is 26.2. The number of rotatable bonds is 6. The highest BCUT2D eigenvalue weighted by atomic mass is 19.3. The Morgan fingerprint density at radius 1 is 1.30 bits per heavy atom.